The smallest absolute Gasteiger partial charge is 0.282 e. The van der Waals surface area contributed by atoms with E-state index in [1.54, 1.807) is 24.4 Å². The lowest BCUT2D eigenvalue weighted by atomic mass is 10.1. The molecule has 1 heterocycles. The molecule has 5 nitrogen and oxygen atoms in total. The number of hydrogen-bond acceptors (Lipinski definition) is 4. The molecule has 0 saturated heterocycles. The van der Waals surface area contributed by atoms with E-state index in [-0.39, 0.29) is 17.3 Å². The van der Waals surface area contributed by atoms with Gasteiger partial charge in [-0.2, -0.15) is 9.78 Å². The molecule has 1 atom stereocenters. The lowest BCUT2D eigenvalue weighted by Crippen LogP contribution is -2.23. The van der Waals surface area contributed by atoms with E-state index in [1.807, 2.05) is 37.3 Å². The second-order valence-corrected chi connectivity index (χ2v) is 9.99. The van der Waals surface area contributed by atoms with Gasteiger partial charge in [-0.25, -0.2) is 9.37 Å². The van der Waals surface area contributed by atoms with Gasteiger partial charge >= 0.3 is 0 Å². The molecule has 1 aromatic heterocycles. The number of halogens is 3. The first-order valence-corrected chi connectivity index (χ1v) is 12.7. The lowest BCUT2D eigenvalue weighted by molar-refractivity contribution is 0.304. The standard InChI is InChI=1S/C26H22BrFIN3O2/c1-3-16(2)25-31-23-10-7-19(27)13-21(23)26(33)32(25)30-14-18-6-11-24(22(29)12-18)34-15-17-4-8-20(28)9-5-17/h4-14,16H,3,15H2,1-2H3/t16-/m1/s1. The topological polar surface area (TPSA) is 56.5 Å². The SMILES string of the molecule is CC[C@@H](C)c1nc2ccc(Br)cc2c(=O)n1N=Cc1ccc(OCc2ccc(F)cc2)c(I)c1. The molecular weight excluding hydrogens is 612 g/mol. The van der Waals surface area contributed by atoms with Crippen molar-refractivity contribution in [1.29, 1.82) is 0 Å². The summed E-state index contributed by atoms with van der Waals surface area (Å²) in [6.45, 7) is 4.44. The van der Waals surface area contributed by atoms with E-state index in [2.05, 4.69) is 50.5 Å². The summed E-state index contributed by atoms with van der Waals surface area (Å²) < 4.78 is 22.1. The van der Waals surface area contributed by atoms with E-state index in [0.717, 1.165) is 31.3 Å². The van der Waals surface area contributed by atoms with Crippen LogP contribution in [0.3, 0.4) is 0 Å². The summed E-state index contributed by atoms with van der Waals surface area (Å²) in [7, 11) is 0. The molecule has 0 bridgehead atoms. The zero-order valence-electron chi connectivity index (χ0n) is 18.6. The van der Waals surface area contributed by atoms with Crippen LogP contribution in [0.25, 0.3) is 10.9 Å². The van der Waals surface area contributed by atoms with Gasteiger partial charge in [-0.1, -0.05) is 41.9 Å². The Morgan fingerprint density at radius 1 is 1.18 bits per heavy atom. The number of aromatic nitrogens is 2. The highest BCUT2D eigenvalue weighted by atomic mass is 127. The molecule has 174 valence electrons. The largest absolute Gasteiger partial charge is 0.488 e. The molecule has 0 aliphatic carbocycles. The van der Waals surface area contributed by atoms with Gasteiger partial charge in [0.2, 0.25) is 0 Å². The quantitative estimate of drug-likeness (QED) is 0.165. The number of benzene rings is 3. The molecule has 0 unspecified atom stereocenters. The summed E-state index contributed by atoms with van der Waals surface area (Å²) in [5.41, 5.74) is 2.17. The molecule has 0 saturated carbocycles. The fraction of sp³-hybridized carbons (Fsp3) is 0.192. The van der Waals surface area contributed by atoms with Gasteiger partial charge in [0.25, 0.3) is 5.56 Å². The highest BCUT2D eigenvalue weighted by molar-refractivity contribution is 14.1. The molecule has 3 aromatic carbocycles. The third kappa shape index (κ3) is 5.55. The van der Waals surface area contributed by atoms with Gasteiger partial charge in [-0.15, -0.1) is 0 Å². The summed E-state index contributed by atoms with van der Waals surface area (Å²) in [6, 6.07) is 17.4. The van der Waals surface area contributed by atoms with Gasteiger partial charge in [0.15, 0.2) is 0 Å². The molecular formula is C26H22BrFIN3O2. The summed E-state index contributed by atoms with van der Waals surface area (Å²) in [5, 5.41) is 5.03. The van der Waals surface area contributed by atoms with Gasteiger partial charge in [0.1, 0.15) is 24.0 Å². The third-order valence-corrected chi connectivity index (χ3v) is 6.81. The Hall–Kier alpha value is -2.59. The summed E-state index contributed by atoms with van der Waals surface area (Å²) in [6.07, 6.45) is 2.49. The van der Waals surface area contributed by atoms with Gasteiger partial charge in [-0.3, -0.25) is 4.79 Å². The van der Waals surface area contributed by atoms with Crippen LogP contribution in [0, 0.1) is 9.39 Å². The van der Waals surface area contributed by atoms with E-state index in [1.165, 1.54) is 16.8 Å². The summed E-state index contributed by atoms with van der Waals surface area (Å²) in [5.74, 6) is 1.15. The highest BCUT2D eigenvalue weighted by Gasteiger charge is 2.15. The van der Waals surface area contributed by atoms with Crippen molar-refractivity contribution < 1.29 is 9.13 Å². The number of fused-ring (bicyclic) bond motifs is 1. The van der Waals surface area contributed by atoms with Crippen LogP contribution in [0.1, 0.15) is 43.1 Å². The van der Waals surface area contributed by atoms with Gasteiger partial charge in [-0.05, 0) is 88.7 Å². The molecule has 0 aliphatic rings. The Kier molecular flexibility index (Phi) is 7.77. The minimum absolute atomic E-state index is 0.0697. The molecule has 0 amide bonds. The van der Waals surface area contributed by atoms with Gasteiger partial charge in [0.05, 0.1) is 20.7 Å². The van der Waals surface area contributed by atoms with Crippen molar-refractivity contribution in [2.75, 3.05) is 0 Å². The Morgan fingerprint density at radius 3 is 2.65 bits per heavy atom. The average molecular weight is 634 g/mol. The van der Waals surface area contributed by atoms with Crippen LogP contribution in [0.2, 0.25) is 0 Å². The minimum atomic E-state index is -0.271. The maximum absolute atomic E-state index is 13.2. The molecule has 8 heteroatoms. The van der Waals surface area contributed by atoms with Crippen LogP contribution in [-0.2, 0) is 6.61 Å². The normalized spacial score (nSPS) is 12.4. The van der Waals surface area contributed by atoms with Crippen molar-refractivity contribution in [2.45, 2.75) is 32.8 Å². The van der Waals surface area contributed by atoms with Crippen molar-refractivity contribution in [3.05, 3.63) is 102 Å². The van der Waals surface area contributed by atoms with Crippen LogP contribution in [0.4, 0.5) is 4.39 Å². The van der Waals surface area contributed by atoms with Crippen molar-refractivity contribution in [3.8, 4) is 5.75 Å². The van der Waals surface area contributed by atoms with Crippen molar-refractivity contribution >= 4 is 55.6 Å². The molecule has 0 aliphatic heterocycles. The van der Waals surface area contributed by atoms with Crippen LogP contribution < -0.4 is 10.3 Å². The first-order chi connectivity index (χ1) is 16.4. The predicted molar refractivity (Wildman–Crippen MR) is 145 cm³/mol. The first-order valence-electron chi connectivity index (χ1n) is 10.8. The van der Waals surface area contributed by atoms with Gasteiger partial charge in [0, 0.05) is 10.4 Å². The molecule has 0 N–H and O–H groups in total. The molecule has 4 aromatic rings. The lowest BCUT2D eigenvalue weighted by Gasteiger charge is -2.14. The molecule has 0 fully saturated rings. The molecule has 4 rings (SSSR count). The predicted octanol–water partition coefficient (Wildman–Crippen LogP) is 6.88. The van der Waals surface area contributed by atoms with Crippen molar-refractivity contribution in [3.63, 3.8) is 0 Å². The van der Waals surface area contributed by atoms with E-state index in [9.17, 15) is 9.18 Å². The molecule has 0 spiro atoms. The fourth-order valence-corrected chi connectivity index (χ4v) is 4.42. The minimum Gasteiger partial charge on any atom is -0.488 e. The van der Waals surface area contributed by atoms with Crippen LogP contribution in [-0.4, -0.2) is 15.9 Å². The van der Waals surface area contributed by atoms with E-state index >= 15 is 0 Å². The van der Waals surface area contributed by atoms with Crippen molar-refractivity contribution in [2.24, 2.45) is 5.10 Å². The second kappa shape index (κ2) is 10.8. The summed E-state index contributed by atoms with van der Waals surface area (Å²) >= 11 is 5.63. The average Bonchev–Trinajstić information content (AvgIpc) is 2.83. The number of rotatable bonds is 7. The Labute approximate surface area is 219 Å². The number of ether oxygens (including phenoxy) is 1. The highest BCUT2D eigenvalue weighted by Crippen LogP contribution is 2.24. The second-order valence-electron chi connectivity index (χ2n) is 7.91. The fourth-order valence-electron chi connectivity index (χ4n) is 3.36. The molecule has 0 radical (unpaired) electrons. The van der Waals surface area contributed by atoms with Crippen LogP contribution in [0.5, 0.6) is 5.75 Å². The Morgan fingerprint density at radius 2 is 1.94 bits per heavy atom. The first kappa shape index (κ1) is 24.5. The van der Waals surface area contributed by atoms with E-state index in [0.29, 0.717) is 23.3 Å². The monoisotopic (exact) mass is 633 g/mol. The Bertz CT molecular complexity index is 1420. The Balaban J connectivity index is 1.62. The van der Waals surface area contributed by atoms with Crippen molar-refractivity contribution in [1.82, 2.24) is 9.66 Å². The van der Waals surface area contributed by atoms with E-state index in [4.69, 9.17) is 9.72 Å². The number of hydrogen-bond donors (Lipinski definition) is 0. The maximum atomic E-state index is 13.2. The zero-order valence-corrected chi connectivity index (χ0v) is 22.4. The number of nitrogens with zero attached hydrogens (tertiary/aromatic N) is 3. The van der Waals surface area contributed by atoms with Crippen LogP contribution >= 0.6 is 38.5 Å². The van der Waals surface area contributed by atoms with E-state index < -0.39 is 0 Å². The van der Waals surface area contributed by atoms with Crippen LogP contribution in [0.15, 0.2) is 75.0 Å². The maximum Gasteiger partial charge on any atom is 0.282 e. The zero-order chi connectivity index (χ0) is 24.2. The molecule has 34 heavy (non-hydrogen) atoms. The summed E-state index contributed by atoms with van der Waals surface area (Å²) in [4.78, 5) is 18.0. The van der Waals surface area contributed by atoms with Gasteiger partial charge < -0.3 is 4.74 Å². The third-order valence-electron chi connectivity index (χ3n) is 5.47.